The van der Waals surface area contributed by atoms with Crippen molar-refractivity contribution in [1.82, 2.24) is 9.47 Å². The molecule has 13 heteroatoms. The highest BCUT2D eigenvalue weighted by atomic mass is 19.1. The Balaban J connectivity index is 1.34. The molecule has 1 aliphatic carbocycles. The highest BCUT2D eigenvalue weighted by Crippen LogP contribution is 2.44. The van der Waals surface area contributed by atoms with E-state index in [0.717, 1.165) is 18.9 Å². The molecule has 0 spiro atoms. The van der Waals surface area contributed by atoms with Gasteiger partial charge in [-0.3, -0.25) is 14.5 Å². The van der Waals surface area contributed by atoms with Gasteiger partial charge in [0.05, 0.1) is 31.2 Å². The quantitative estimate of drug-likeness (QED) is 0.314. The molecule has 5 rings (SSSR count). The minimum Gasteiger partial charge on any atom is -0.507 e. The number of carboxylic acids is 1. The molecule has 12 nitrogen and oxygen atoms in total. The maximum atomic E-state index is 15.7. The number of esters is 1. The Morgan fingerprint density at radius 1 is 1.14 bits per heavy atom. The van der Waals surface area contributed by atoms with Crippen molar-refractivity contribution in [3.63, 3.8) is 0 Å². The number of hydrogen-bond donors (Lipinski definition) is 3. The number of aromatic nitrogens is 1. The van der Waals surface area contributed by atoms with Crippen molar-refractivity contribution in [1.29, 1.82) is 0 Å². The summed E-state index contributed by atoms with van der Waals surface area (Å²) in [4.78, 5) is 53.2. The lowest BCUT2D eigenvalue weighted by molar-refractivity contribution is -0.117. The summed E-state index contributed by atoms with van der Waals surface area (Å²) in [6, 6.07) is 5.06. The van der Waals surface area contributed by atoms with Gasteiger partial charge >= 0.3 is 11.9 Å². The standard InChI is InChI=1S/C30H33FN4O8/c1-4-43-30(41)19-8-5-17(11-23(19)36)32-24(37)15-33-9-10-34(13-16(33)2)26-22(31)12-20-25(28(26)42-3)35(18-6-7-18)14-21(27(20)38)29(39)40/h5,8,11-12,14,16,18,36H,4,6-7,9-10,13,15H2,1-3H3,(H,32,37)(H,39,40). The van der Waals surface area contributed by atoms with Crippen LogP contribution in [0, 0.1) is 5.82 Å². The predicted molar refractivity (Wildman–Crippen MR) is 156 cm³/mol. The van der Waals surface area contributed by atoms with Gasteiger partial charge in [0.1, 0.15) is 22.6 Å². The van der Waals surface area contributed by atoms with E-state index in [1.807, 2.05) is 16.7 Å². The topological polar surface area (TPSA) is 151 Å². The number of anilines is 2. The van der Waals surface area contributed by atoms with Crippen LogP contribution in [0.2, 0.25) is 0 Å². The van der Waals surface area contributed by atoms with E-state index < -0.39 is 28.7 Å². The minimum absolute atomic E-state index is 0.00241. The van der Waals surface area contributed by atoms with Gasteiger partial charge in [-0.15, -0.1) is 0 Å². The number of benzene rings is 2. The number of amides is 1. The van der Waals surface area contributed by atoms with Crippen LogP contribution in [0.25, 0.3) is 10.9 Å². The second kappa shape index (κ2) is 11.9. The lowest BCUT2D eigenvalue weighted by atomic mass is 10.1. The number of aromatic carboxylic acids is 1. The summed E-state index contributed by atoms with van der Waals surface area (Å²) >= 11 is 0. The summed E-state index contributed by atoms with van der Waals surface area (Å²) in [7, 11) is 1.39. The zero-order chi connectivity index (χ0) is 31.0. The van der Waals surface area contributed by atoms with Gasteiger partial charge < -0.3 is 34.5 Å². The highest BCUT2D eigenvalue weighted by Gasteiger charge is 2.33. The van der Waals surface area contributed by atoms with E-state index in [4.69, 9.17) is 9.47 Å². The monoisotopic (exact) mass is 596 g/mol. The molecule has 1 atom stereocenters. The first kappa shape index (κ1) is 29.8. The van der Waals surface area contributed by atoms with Crippen LogP contribution < -0.4 is 20.4 Å². The molecule has 1 saturated heterocycles. The lowest BCUT2D eigenvalue weighted by Crippen LogP contribution is -2.54. The maximum Gasteiger partial charge on any atom is 0.341 e. The van der Waals surface area contributed by atoms with Crippen molar-refractivity contribution in [2.45, 2.75) is 38.8 Å². The predicted octanol–water partition coefficient (Wildman–Crippen LogP) is 3.21. The average Bonchev–Trinajstić information content (AvgIpc) is 3.79. The zero-order valence-electron chi connectivity index (χ0n) is 24.1. The second-order valence-electron chi connectivity index (χ2n) is 10.7. The van der Waals surface area contributed by atoms with Gasteiger partial charge in [0.2, 0.25) is 11.3 Å². The smallest absolute Gasteiger partial charge is 0.341 e. The van der Waals surface area contributed by atoms with Gasteiger partial charge in [-0.05, 0) is 44.9 Å². The molecule has 2 fully saturated rings. The molecule has 1 aromatic heterocycles. The number of nitrogens with zero attached hydrogens (tertiary/aromatic N) is 3. The third-order valence-corrected chi connectivity index (χ3v) is 7.78. The Morgan fingerprint density at radius 3 is 2.49 bits per heavy atom. The Morgan fingerprint density at radius 2 is 1.88 bits per heavy atom. The van der Waals surface area contributed by atoms with Gasteiger partial charge in [0.15, 0.2) is 11.6 Å². The number of fused-ring (bicyclic) bond motifs is 1. The van der Waals surface area contributed by atoms with Gasteiger partial charge in [-0.25, -0.2) is 14.0 Å². The molecule has 2 aliphatic rings. The summed E-state index contributed by atoms with van der Waals surface area (Å²) in [5.74, 6) is -3.21. The molecule has 2 aromatic carbocycles. The molecule has 3 N–H and O–H groups in total. The molecule has 1 saturated carbocycles. The van der Waals surface area contributed by atoms with Crippen molar-refractivity contribution < 1.29 is 38.5 Å². The van der Waals surface area contributed by atoms with E-state index >= 15 is 4.39 Å². The van der Waals surface area contributed by atoms with Gasteiger partial charge in [-0.1, -0.05) is 0 Å². The van der Waals surface area contributed by atoms with Gasteiger partial charge in [0.25, 0.3) is 0 Å². The minimum atomic E-state index is -1.37. The third kappa shape index (κ3) is 5.85. The van der Waals surface area contributed by atoms with Crippen molar-refractivity contribution >= 4 is 40.1 Å². The summed E-state index contributed by atoms with van der Waals surface area (Å²) in [5.41, 5.74) is -0.325. The van der Waals surface area contributed by atoms with Crippen LogP contribution in [0.15, 0.2) is 35.3 Å². The molecule has 2 heterocycles. The normalized spacial score (nSPS) is 17.1. The molecule has 1 amide bonds. The molecule has 3 aromatic rings. The fourth-order valence-corrected chi connectivity index (χ4v) is 5.53. The number of piperazine rings is 1. The van der Waals surface area contributed by atoms with Crippen LogP contribution in [0.5, 0.6) is 11.5 Å². The van der Waals surface area contributed by atoms with Crippen LogP contribution in [0.3, 0.4) is 0 Å². The number of carboxylic acid groups (broad SMARTS) is 1. The van der Waals surface area contributed by atoms with E-state index in [0.29, 0.717) is 30.8 Å². The fourth-order valence-electron chi connectivity index (χ4n) is 5.53. The number of hydrogen-bond acceptors (Lipinski definition) is 9. The lowest BCUT2D eigenvalue weighted by Gasteiger charge is -2.41. The van der Waals surface area contributed by atoms with Crippen molar-refractivity contribution in [2.24, 2.45) is 0 Å². The first-order valence-corrected chi connectivity index (χ1v) is 14.0. The maximum absolute atomic E-state index is 15.7. The summed E-state index contributed by atoms with van der Waals surface area (Å²) < 4.78 is 28.0. The Labute approximate surface area is 246 Å². The summed E-state index contributed by atoms with van der Waals surface area (Å²) in [6.07, 6.45) is 2.93. The first-order chi connectivity index (χ1) is 20.5. The molecule has 0 bridgehead atoms. The number of halogens is 1. The number of aromatic hydroxyl groups is 1. The second-order valence-corrected chi connectivity index (χ2v) is 10.7. The van der Waals surface area contributed by atoms with Crippen molar-refractivity contribution in [2.75, 3.05) is 50.1 Å². The molecule has 228 valence electrons. The number of carbonyl (C=O) groups is 3. The molecular weight excluding hydrogens is 563 g/mol. The Kier molecular flexibility index (Phi) is 8.27. The number of carbonyl (C=O) groups excluding carboxylic acids is 2. The number of pyridine rings is 1. The molecule has 1 aliphatic heterocycles. The van der Waals surface area contributed by atoms with E-state index in [9.17, 15) is 29.4 Å². The average molecular weight is 597 g/mol. The SMILES string of the molecule is CCOC(=O)c1ccc(NC(=O)CN2CCN(c3c(F)cc4c(=O)c(C(=O)O)cn(C5CC5)c4c3OC)CC2C)cc1O. The Hall–Kier alpha value is -4.65. The highest BCUT2D eigenvalue weighted by molar-refractivity contribution is 5.98. The molecule has 0 radical (unpaired) electrons. The largest absolute Gasteiger partial charge is 0.507 e. The molecular formula is C30H33FN4O8. The number of methoxy groups -OCH3 is 1. The number of phenols is 1. The third-order valence-electron chi connectivity index (χ3n) is 7.78. The summed E-state index contributed by atoms with van der Waals surface area (Å²) in [5, 5.41) is 22.4. The van der Waals surface area contributed by atoms with Crippen molar-refractivity contribution in [3.8, 4) is 11.5 Å². The number of ether oxygens (including phenoxy) is 2. The van der Waals surface area contributed by atoms with Gasteiger partial charge in [0, 0.05) is 49.7 Å². The molecule has 1 unspecified atom stereocenters. The number of nitrogens with one attached hydrogen (secondary N) is 1. The van der Waals surface area contributed by atoms with Crippen LogP contribution in [-0.2, 0) is 9.53 Å². The van der Waals surface area contributed by atoms with E-state index in [-0.39, 0.29) is 59.3 Å². The fraction of sp³-hybridized carbons (Fsp3) is 0.400. The number of phenolic OH excluding ortho intramolecular Hbond substituents is 1. The zero-order valence-corrected chi connectivity index (χ0v) is 24.1. The van der Waals surface area contributed by atoms with E-state index in [2.05, 4.69) is 5.32 Å². The molecule has 43 heavy (non-hydrogen) atoms. The Bertz CT molecular complexity index is 1670. The van der Waals surface area contributed by atoms with E-state index in [1.54, 1.807) is 11.5 Å². The number of rotatable bonds is 9. The van der Waals surface area contributed by atoms with E-state index in [1.165, 1.54) is 31.5 Å². The van der Waals surface area contributed by atoms with Crippen LogP contribution >= 0.6 is 0 Å². The van der Waals surface area contributed by atoms with Crippen LogP contribution in [-0.4, -0.2) is 83.5 Å². The van der Waals surface area contributed by atoms with Crippen LogP contribution in [0.4, 0.5) is 15.8 Å². The first-order valence-electron chi connectivity index (χ1n) is 14.0. The van der Waals surface area contributed by atoms with Crippen LogP contribution in [0.1, 0.15) is 53.4 Å². The van der Waals surface area contributed by atoms with Gasteiger partial charge in [-0.2, -0.15) is 0 Å². The summed E-state index contributed by atoms with van der Waals surface area (Å²) in [6.45, 7) is 4.88. The van der Waals surface area contributed by atoms with Crippen molar-refractivity contribution in [3.05, 3.63) is 57.6 Å².